The van der Waals surface area contributed by atoms with E-state index in [1.165, 1.54) is 23.5 Å². The van der Waals surface area contributed by atoms with Gasteiger partial charge >= 0.3 is 5.97 Å². The van der Waals surface area contributed by atoms with Crippen LogP contribution in [0, 0.1) is 5.92 Å². The fourth-order valence-electron chi connectivity index (χ4n) is 2.97. The average Bonchev–Trinajstić information content (AvgIpc) is 2.76. The van der Waals surface area contributed by atoms with E-state index in [0.29, 0.717) is 37.3 Å². The van der Waals surface area contributed by atoms with Gasteiger partial charge in [-0.25, -0.2) is 4.79 Å². The fourth-order valence-corrected chi connectivity index (χ4v) is 3.91. The van der Waals surface area contributed by atoms with E-state index in [1.54, 1.807) is 13.8 Å². The van der Waals surface area contributed by atoms with Crippen molar-refractivity contribution in [3.05, 3.63) is 0 Å². The van der Waals surface area contributed by atoms with Gasteiger partial charge in [-0.15, -0.1) is 0 Å². The number of nitrogens with two attached hydrogens (primary N) is 2. The number of carbonyl (C=O) groups excluding carboxylic acids is 3. The molecule has 0 heterocycles. The molecule has 192 valence electrons. The molecule has 0 rings (SSSR count). The number of nitrogens with one attached hydrogen (secondary N) is 3. The Morgan fingerprint density at radius 3 is 1.85 bits per heavy atom. The largest absolute Gasteiger partial charge is 0.480 e. The first-order valence-electron chi connectivity index (χ1n) is 11.2. The van der Waals surface area contributed by atoms with E-state index in [2.05, 4.69) is 16.0 Å². The van der Waals surface area contributed by atoms with Gasteiger partial charge in [0.15, 0.2) is 0 Å². The number of thioether (sulfide) groups is 2. The number of unbranched alkanes of at least 4 members (excludes halogenated alkanes) is 1. The van der Waals surface area contributed by atoms with Crippen LogP contribution in [-0.2, 0) is 19.2 Å². The van der Waals surface area contributed by atoms with Crippen molar-refractivity contribution in [2.24, 2.45) is 17.4 Å². The Bertz CT molecular complexity index is 624. The molecule has 4 unspecified atom stereocenters. The first kappa shape index (κ1) is 31.5. The van der Waals surface area contributed by atoms with Crippen LogP contribution in [0.15, 0.2) is 0 Å². The highest BCUT2D eigenvalue weighted by Gasteiger charge is 2.31. The van der Waals surface area contributed by atoms with Crippen molar-refractivity contribution < 1.29 is 24.3 Å². The van der Waals surface area contributed by atoms with E-state index in [0.717, 1.165) is 6.42 Å². The Morgan fingerprint density at radius 1 is 0.818 bits per heavy atom. The summed E-state index contributed by atoms with van der Waals surface area (Å²) in [7, 11) is 0. The molecule has 0 aromatic carbocycles. The minimum atomic E-state index is -1.13. The number of hydrogen-bond donors (Lipinski definition) is 6. The Balaban J connectivity index is 5.25. The highest BCUT2D eigenvalue weighted by molar-refractivity contribution is 7.98. The summed E-state index contributed by atoms with van der Waals surface area (Å²) in [5.41, 5.74) is 11.4. The third-order valence-electron chi connectivity index (χ3n) is 5.02. The summed E-state index contributed by atoms with van der Waals surface area (Å²) in [6, 6.07) is -3.59. The minimum Gasteiger partial charge on any atom is -0.480 e. The molecule has 0 saturated carbocycles. The van der Waals surface area contributed by atoms with Crippen LogP contribution in [0.3, 0.4) is 0 Å². The molecule has 0 spiro atoms. The molecule has 8 N–H and O–H groups in total. The second-order valence-electron chi connectivity index (χ2n) is 8.14. The minimum absolute atomic E-state index is 0.273. The Hall–Kier alpha value is -1.50. The lowest BCUT2D eigenvalue weighted by molar-refractivity contribution is -0.142. The van der Waals surface area contributed by atoms with Crippen LogP contribution in [0.2, 0.25) is 0 Å². The van der Waals surface area contributed by atoms with Gasteiger partial charge in [0.05, 0.1) is 6.04 Å². The van der Waals surface area contributed by atoms with Gasteiger partial charge < -0.3 is 32.5 Å². The van der Waals surface area contributed by atoms with Gasteiger partial charge in [-0.05, 0) is 62.2 Å². The number of carboxylic acids is 1. The average molecular weight is 508 g/mol. The molecule has 12 heteroatoms. The van der Waals surface area contributed by atoms with E-state index >= 15 is 0 Å². The maximum Gasteiger partial charge on any atom is 0.326 e. The molecular weight excluding hydrogens is 466 g/mol. The maximum atomic E-state index is 13.0. The highest BCUT2D eigenvalue weighted by Crippen LogP contribution is 2.08. The predicted octanol–water partition coefficient (Wildman–Crippen LogP) is 0.144. The number of aliphatic carboxylic acids is 1. The molecular formula is C21H41N5O5S2. The predicted molar refractivity (Wildman–Crippen MR) is 135 cm³/mol. The molecule has 0 aromatic heterocycles. The van der Waals surface area contributed by atoms with Gasteiger partial charge in [0.1, 0.15) is 18.1 Å². The van der Waals surface area contributed by atoms with Gasteiger partial charge in [-0.2, -0.15) is 23.5 Å². The Morgan fingerprint density at radius 2 is 1.36 bits per heavy atom. The Kier molecular flexibility index (Phi) is 17.1. The number of amides is 3. The molecule has 10 nitrogen and oxygen atoms in total. The molecule has 0 saturated heterocycles. The molecule has 0 aromatic rings. The van der Waals surface area contributed by atoms with Crippen LogP contribution in [0.4, 0.5) is 0 Å². The van der Waals surface area contributed by atoms with Crippen LogP contribution in [0.1, 0.15) is 46.0 Å². The SMILES string of the molecule is CSCCC(NC(=O)C(NC(=O)C(CCSC)NC(=O)C(N)CCCCN)C(C)C)C(=O)O. The molecule has 33 heavy (non-hydrogen) atoms. The second kappa shape index (κ2) is 17.9. The molecule has 0 aliphatic carbocycles. The van der Waals surface area contributed by atoms with E-state index in [1.807, 2.05) is 12.5 Å². The van der Waals surface area contributed by atoms with Crippen molar-refractivity contribution in [2.75, 3.05) is 30.6 Å². The number of rotatable bonds is 18. The maximum absolute atomic E-state index is 13.0. The topological polar surface area (TPSA) is 177 Å². The molecule has 0 aliphatic heterocycles. The van der Waals surface area contributed by atoms with Gasteiger partial charge in [0, 0.05) is 0 Å². The van der Waals surface area contributed by atoms with E-state index in [9.17, 15) is 24.3 Å². The summed E-state index contributed by atoms with van der Waals surface area (Å²) in [5, 5.41) is 17.3. The lowest BCUT2D eigenvalue weighted by Gasteiger charge is -2.27. The molecule has 4 atom stereocenters. The molecule has 0 bridgehead atoms. The van der Waals surface area contributed by atoms with E-state index in [-0.39, 0.29) is 12.3 Å². The second-order valence-corrected chi connectivity index (χ2v) is 10.1. The third kappa shape index (κ3) is 13.1. The summed E-state index contributed by atoms with van der Waals surface area (Å²) in [4.78, 5) is 49.8. The number of carbonyl (C=O) groups is 4. The van der Waals surface area contributed by atoms with E-state index < -0.39 is 47.9 Å². The van der Waals surface area contributed by atoms with Crippen LogP contribution in [0.25, 0.3) is 0 Å². The van der Waals surface area contributed by atoms with Crippen molar-refractivity contribution >= 4 is 47.2 Å². The normalized spacial score (nSPS) is 14.8. The lowest BCUT2D eigenvalue weighted by atomic mass is 10.0. The lowest BCUT2D eigenvalue weighted by Crippen LogP contribution is -2.58. The Labute approximate surface area is 205 Å². The third-order valence-corrected chi connectivity index (χ3v) is 6.31. The monoisotopic (exact) mass is 507 g/mol. The van der Waals surface area contributed by atoms with Crippen molar-refractivity contribution in [3.63, 3.8) is 0 Å². The van der Waals surface area contributed by atoms with Crippen LogP contribution in [0.5, 0.6) is 0 Å². The van der Waals surface area contributed by atoms with Crippen LogP contribution < -0.4 is 27.4 Å². The van der Waals surface area contributed by atoms with Gasteiger partial charge in [0.2, 0.25) is 17.7 Å². The first-order valence-corrected chi connectivity index (χ1v) is 13.9. The summed E-state index contributed by atoms with van der Waals surface area (Å²) < 4.78 is 0. The van der Waals surface area contributed by atoms with Gasteiger partial charge in [-0.1, -0.05) is 20.3 Å². The summed E-state index contributed by atoms with van der Waals surface area (Å²) in [6.07, 6.45) is 6.32. The van der Waals surface area contributed by atoms with Crippen molar-refractivity contribution in [1.82, 2.24) is 16.0 Å². The summed E-state index contributed by atoms with van der Waals surface area (Å²) >= 11 is 3.01. The van der Waals surface area contributed by atoms with Crippen LogP contribution >= 0.6 is 23.5 Å². The molecule has 0 radical (unpaired) electrons. The summed E-state index contributed by atoms with van der Waals surface area (Å²) in [5.74, 6) is -1.72. The van der Waals surface area contributed by atoms with Crippen molar-refractivity contribution in [2.45, 2.75) is 70.1 Å². The highest BCUT2D eigenvalue weighted by atomic mass is 32.2. The number of carboxylic acid groups (broad SMARTS) is 1. The van der Waals surface area contributed by atoms with Crippen LogP contribution in [-0.4, -0.2) is 83.5 Å². The number of hydrogen-bond acceptors (Lipinski definition) is 8. The molecule has 0 aliphatic rings. The van der Waals surface area contributed by atoms with Gasteiger partial charge in [-0.3, -0.25) is 14.4 Å². The summed E-state index contributed by atoms with van der Waals surface area (Å²) in [6.45, 7) is 4.03. The zero-order valence-electron chi connectivity index (χ0n) is 20.1. The van der Waals surface area contributed by atoms with Crippen molar-refractivity contribution in [3.8, 4) is 0 Å². The zero-order chi connectivity index (χ0) is 25.4. The molecule has 3 amide bonds. The quantitative estimate of drug-likeness (QED) is 0.141. The zero-order valence-corrected chi connectivity index (χ0v) is 21.7. The first-order chi connectivity index (χ1) is 15.6. The molecule has 0 fully saturated rings. The standard InChI is InChI=1S/C21H41N5O5S2/c1-13(2)17(20(29)25-16(21(30)31)9-12-33-4)26-19(28)15(8-11-32-3)24-18(27)14(23)7-5-6-10-22/h13-17H,5-12,22-23H2,1-4H3,(H,24,27)(H,25,29)(H,26,28)(H,30,31). The fraction of sp³-hybridized carbons (Fsp3) is 0.810. The smallest absolute Gasteiger partial charge is 0.326 e. The van der Waals surface area contributed by atoms with Gasteiger partial charge in [0.25, 0.3) is 0 Å². The van der Waals surface area contributed by atoms with E-state index in [4.69, 9.17) is 11.5 Å². The van der Waals surface area contributed by atoms with Crippen molar-refractivity contribution in [1.29, 1.82) is 0 Å².